The Balaban J connectivity index is 2.27. The molecule has 0 spiro atoms. The Hall–Kier alpha value is -0.540. The van der Waals surface area contributed by atoms with Crippen molar-refractivity contribution in [3.05, 3.63) is 18.0 Å². The minimum atomic E-state index is -0.927. The number of alkyl halides is 2. The maximum absolute atomic E-state index is 11.9. The molecule has 0 aromatic carbocycles. The van der Waals surface area contributed by atoms with Crippen molar-refractivity contribution in [1.29, 1.82) is 0 Å². The van der Waals surface area contributed by atoms with Gasteiger partial charge in [0.1, 0.15) is 4.33 Å². The van der Waals surface area contributed by atoms with Crippen molar-refractivity contribution in [2.24, 2.45) is 5.41 Å². The lowest BCUT2D eigenvalue weighted by atomic mass is 10.1. The molecule has 0 N–H and O–H groups in total. The van der Waals surface area contributed by atoms with Gasteiger partial charge in [0.05, 0.1) is 11.6 Å². The number of rotatable bonds is 1. The zero-order valence-electron chi connectivity index (χ0n) is 7.92. The average molecular weight is 233 g/mol. The van der Waals surface area contributed by atoms with Crippen LogP contribution in [-0.2, 0) is 0 Å². The van der Waals surface area contributed by atoms with Crippen molar-refractivity contribution in [2.75, 3.05) is 0 Å². The molecule has 1 saturated carbocycles. The Kier molecular flexibility index (Phi) is 1.95. The lowest BCUT2D eigenvalue weighted by Crippen LogP contribution is -2.25. The molecule has 1 aliphatic carbocycles. The van der Waals surface area contributed by atoms with Gasteiger partial charge in [-0.2, -0.15) is 5.10 Å². The first kappa shape index (κ1) is 9.99. The summed E-state index contributed by atoms with van der Waals surface area (Å²) in [7, 11) is 0. The third-order valence-corrected chi connectivity index (χ3v) is 3.75. The SMILES string of the molecule is Cc1cnn(C(=O)[C@]2(C)CC2(Cl)Cl)c1. The monoisotopic (exact) mass is 232 g/mol. The maximum atomic E-state index is 11.9. The number of halogens is 2. The summed E-state index contributed by atoms with van der Waals surface area (Å²) in [4.78, 5) is 11.9. The van der Waals surface area contributed by atoms with E-state index in [9.17, 15) is 4.79 Å². The maximum Gasteiger partial charge on any atom is 0.255 e. The fourth-order valence-corrected chi connectivity index (χ4v) is 2.10. The van der Waals surface area contributed by atoms with Gasteiger partial charge in [-0.15, -0.1) is 23.2 Å². The van der Waals surface area contributed by atoms with Crippen LogP contribution in [0.4, 0.5) is 0 Å². The second-order valence-electron chi connectivity index (χ2n) is 3.98. The van der Waals surface area contributed by atoms with E-state index < -0.39 is 9.75 Å². The van der Waals surface area contributed by atoms with Crippen LogP contribution in [0.25, 0.3) is 0 Å². The molecule has 3 nitrogen and oxygen atoms in total. The minimum Gasteiger partial charge on any atom is -0.272 e. The summed E-state index contributed by atoms with van der Waals surface area (Å²) in [6.07, 6.45) is 3.80. The van der Waals surface area contributed by atoms with Crippen molar-refractivity contribution < 1.29 is 4.79 Å². The van der Waals surface area contributed by atoms with Crippen molar-refractivity contribution >= 4 is 29.1 Å². The highest BCUT2D eigenvalue weighted by molar-refractivity contribution is 6.53. The second kappa shape index (κ2) is 2.74. The Morgan fingerprint density at radius 3 is 2.57 bits per heavy atom. The van der Waals surface area contributed by atoms with E-state index in [2.05, 4.69) is 5.10 Å². The van der Waals surface area contributed by atoms with Crippen molar-refractivity contribution in [2.45, 2.75) is 24.6 Å². The number of carbonyl (C=O) groups excluding carboxylic acids is 1. The number of nitrogens with zero attached hydrogens (tertiary/aromatic N) is 2. The largest absolute Gasteiger partial charge is 0.272 e. The summed E-state index contributed by atoms with van der Waals surface area (Å²) in [5.41, 5.74) is 0.256. The van der Waals surface area contributed by atoms with E-state index in [1.807, 2.05) is 6.92 Å². The fraction of sp³-hybridized carbons (Fsp3) is 0.556. The molecule has 0 unspecified atom stereocenters. The van der Waals surface area contributed by atoms with Gasteiger partial charge in [0.25, 0.3) is 5.91 Å². The van der Waals surface area contributed by atoms with Crippen LogP contribution in [-0.4, -0.2) is 20.0 Å². The smallest absolute Gasteiger partial charge is 0.255 e. The summed E-state index contributed by atoms with van der Waals surface area (Å²) in [5.74, 6) is -0.143. The quantitative estimate of drug-likeness (QED) is 0.698. The molecule has 1 fully saturated rings. The Morgan fingerprint density at radius 1 is 1.64 bits per heavy atom. The van der Waals surface area contributed by atoms with E-state index in [0.29, 0.717) is 6.42 Å². The van der Waals surface area contributed by atoms with Gasteiger partial charge >= 0.3 is 0 Å². The summed E-state index contributed by atoms with van der Waals surface area (Å²) in [6, 6.07) is 0. The summed E-state index contributed by atoms with van der Waals surface area (Å²) < 4.78 is 0.381. The van der Waals surface area contributed by atoms with Crippen LogP contribution in [0.2, 0.25) is 0 Å². The Labute approximate surface area is 92.0 Å². The van der Waals surface area contributed by atoms with Crippen LogP contribution in [0.5, 0.6) is 0 Å². The van der Waals surface area contributed by atoms with Crippen molar-refractivity contribution in [3.63, 3.8) is 0 Å². The summed E-state index contributed by atoms with van der Waals surface area (Å²) >= 11 is 11.8. The van der Waals surface area contributed by atoms with Gasteiger partial charge in [0.15, 0.2) is 0 Å². The van der Waals surface area contributed by atoms with E-state index in [4.69, 9.17) is 23.2 Å². The molecular weight excluding hydrogens is 223 g/mol. The van der Waals surface area contributed by atoms with E-state index in [-0.39, 0.29) is 5.91 Å². The fourth-order valence-electron chi connectivity index (χ4n) is 1.41. The first-order valence-corrected chi connectivity index (χ1v) is 5.06. The van der Waals surface area contributed by atoms with Crippen molar-refractivity contribution in [3.8, 4) is 0 Å². The molecule has 0 saturated heterocycles. The molecule has 5 heteroatoms. The Morgan fingerprint density at radius 2 is 2.21 bits per heavy atom. The number of aromatic nitrogens is 2. The van der Waals surface area contributed by atoms with Gasteiger partial charge in [0.2, 0.25) is 0 Å². The molecule has 0 bridgehead atoms. The molecular formula is C9H10Cl2N2O. The highest BCUT2D eigenvalue weighted by Crippen LogP contribution is 2.64. The minimum absolute atomic E-state index is 0.143. The zero-order chi connectivity index (χ0) is 10.6. The number of aryl methyl sites for hydroxylation is 1. The van der Waals surface area contributed by atoms with Crippen LogP contribution < -0.4 is 0 Å². The van der Waals surface area contributed by atoms with Crippen LogP contribution in [0, 0.1) is 12.3 Å². The number of hydrogen-bond acceptors (Lipinski definition) is 2. The topological polar surface area (TPSA) is 34.9 Å². The summed E-state index contributed by atoms with van der Waals surface area (Å²) in [6.45, 7) is 3.63. The molecule has 0 radical (unpaired) electrons. The van der Waals surface area contributed by atoms with Gasteiger partial charge in [-0.05, 0) is 25.8 Å². The first-order valence-electron chi connectivity index (χ1n) is 4.31. The molecule has 14 heavy (non-hydrogen) atoms. The first-order chi connectivity index (χ1) is 6.37. The van der Waals surface area contributed by atoms with Crippen LogP contribution in [0.1, 0.15) is 23.7 Å². The van der Waals surface area contributed by atoms with E-state index in [1.54, 1.807) is 19.3 Å². The molecule has 2 rings (SSSR count). The van der Waals surface area contributed by atoms with E-state index in [0.717, 1.165) is 5.56 Å². The normalized spacial score (nSPS) is 28.9. The Bertz CT molecular complexity index is 399. The lowest BCUT2D eigenvalue weighted by molar-refractivity contribution is 0.0806. The molecule has 0 aliphatic heterocycles. The molecule has 0 amide bonds. The highest BCUT2D eigenvalue weighted by Gasteiger charge is 2.68. The number of carbonyl (C=O) groups is 1. The van der Waals surface area contributed by atoms with E-state index in [1.165, 1.54) is 4.68 Å². The van der Waals surface area contributed by atoms with Crippen molar-refractivity contribution in [1.82, 2.24) is 9.78 Å². The molecule has 76 valence electrons. The second-order valence-corrected chi connectivity index (χ2v) is 5.46. The van der Waals surface area contributed by atoms with Gasteiger partial charge in [0, 0.05) is 6.20 Å². The molecule has 1 heterocycles. The zero-order valence-corrected chi connectivity index (χ0v) is 9.43. The van der Waals surface area contributed by atoms with Gasteiger partial charge in [-0.1, -0.05) is 0 Å². The van der Waals surface area contributed by atoms with Gasteiger partial charge < -0.3 is 0 Å². The standard InChI is InChI=1S/C9H10Cl2N2O/c1-6-3-12-13(4-6)7(14)8(2)5-9(8,10)11/h3-4H,5H2,1-2H3/t8-/m0/s1. The third-order valence-electron chi connectivity index (χ3n) is 2.65. The van der Waals surface area contributed by atoms with Crippen LogP contribution in [0.3, 0.4) is 0 Å². The lowest BCUT2D eigenvalue weighted by Gasteiger charge is -2.09. The van der Waals surface area contributed by atoms with Gasteiger partial charge in [-0.3, -0.25) is 4.79 Å². The predicted molar refractivity (Wildman–Crippen MR) is 54.8 cm³/mol. The van der Waals surface area contributed by atoms with Crippen LogP contribution in [0.15, 0.2) is 12.4 Å². The van der Waals surface area contributed by atoms with E-state index >= 15 is 0 Å². The molecule has 1 aromatic rings. The van der Waals surface area contributed by atoms with Crippen LogP contribution >= 0.6 is 23.2 Å². The predicted octanol–water partition coefficient (Wildman–Crippen LogP) is 2.42. The highest BCUT2D eigenvalue weighted by atomic mass is 35.5. The number of hydrogen-bond donors (Lipinski definition) is 0. The molecule has 1 aliphatic rings. The third kappa shape index (κ3) is 1.27. The molecule has 1 atom stereocenters. The van der Waals surface area contributed by atoms with Gasteiger partial charge in [-0.25, -0.2) is 4.68 Å². The summed E-state index contributed by atoms with van der Waals surface area (Å²) in [5, 5.41) is 3.94. The molecule has 1 aromatic heterocycles. The average Bonchev–Trinajstić information content (AvgIpc) is 2.48.